The van der Waals surface area contributed by atoms with Crippen molar-refractivity contribution >= 4 is 17.9 Å². The molecule has 0 aromatic carbocycles. The van der Waals surface area contributed by atoms with E-state index in [1.54, 1.807) is 4.90 Å². The molecule has 16 heavy (non-hydrogen) atoms. The Hall–Kier alpha value is -1.83. The molecule has 0 aromatic rings. The summed E-state index contributed by atoms with van der Waals surface area (Å²) < 4.78 is 0. The second-order valence-corrected chi connectivity index (χ2v) is 3.42. The number of nitrogens with zero attached hydrogens (tertiary/aromatic N) is 3. The standard InChI is InChI=1S/C8H18N8/c1-2-3-4-16-7(12)14-6(11)15-8(16)13-5(9)10/h7H,2-4,12H2,1H3,(H6,9,10,11,13,14,15). The molecule has 0 fully saturated rings. The minimum atomic E-state index is -0.578. The number of nitrogens with two attached hydrogens (primary N) is 3. The lowest BCUT2D eigenvalue weighted by atomic mass is 10.3. The quantitative estimate of drug-likeness (QED) is 0.294. The van der Waals surface area contributed by atoms with Crippen LogP contribution < -0.4 is 22.5 Å². The van der Waals surface area contributed by atoms with Gasteiger partial charge in [-0.05, 0) is 6.42 Å². The molecule has 1 aliphatic heterocycles. The van der Waals surface area contributed by atoms with Crippen LogP contribution in [0.5, 0.6) is 0 Å². The molecular weight excluding hydrogens is 208 g/mol. The summed E-state index contributed by atoms with van der Waals surface area (Å²) in [5.41, 5.74) is 16.5. The van der Waals surface area contributed by atoms with Gasteiger partial charge in [-0.15, -0.1) is 0 Å². The molecule has 8 N–H and O–H groups in total. The summed E-state index contributed by atoms with van der Waals surface area (Å²) in [6.45, 7) is 2.76. The highest BCUT2D eigenvalue weighted by molar-refractivity contribution is 6.03. The third-order valence-corrected chi connectivity index (χ3v) is 2.08. The Balaban J connectivity index is 2.78. The average molecular weight is 226 g/mol. The van der Waals surface area contributed by atoms with Crippen molar-refractivity contribution in [2.24, 2.45) is 27.2 Å². The number of hydrogen-bond donors (Lipinski definition) is 5. The fourth-order valence-corrected chi connectivity index (χ4v) is 1.32. The molecule has 1 atom stereocenters. The van der Waals surface area contributed by atoms with Crippen LogP contribution >= 0.6 is 0 Å². The highest BCUT2D eigenvalue weighted by Gasteiger charge is 2.22. The van der Waals surface area contributed by atoms with Crippen molar-refractivity contribution in [3.8, 4) is 0 Å². The predicted molar refractivity (Wildman–Crippen MR) is 63.7 cm³/mol. The fraction of sp³-hybridized carbons (Fsp3) is 0.625. The minimum absolute atomic E-state index is 0.0870. The first kappa shape index (κ1) is 12.2. The number of rotatable bonds is 3. The van der Waals surface area contributed by atoms with E-state index in [-0.39, 0.29) is 11.9 Å². The van der Waals surface area contributed by atoms with E-state index in [2.05, 4.69) is 22.2 Å². The molecule has 1 unspecified atom stereocenters. The SMILES string of the molecule is CCCCN1C(NC(=N)N)=NC(N)=NC1N. The van der Waals surface area contributed by atoms with Crippen LogP contribution in [0, 0.1) is 5.41 Å². The fourth-order valence-electron chi connectivity index (χ4n) is 1.32. The van der Waals surface area contributed by atoms with Crippen LogP contribution in [-0.2, 0) is 0 Å². The largest absolute Gasteiger partial charge is 0.370 e. The maximum atomic E-state index is 7.17. The van der Waals surface area contributed by atoms with E-state index in [0.29, 0.717) is 12.5 Å². The highest BCUT2D eigenvalue weighted by Crippen LogP contribution is 2.05. The lowest BCUT2D eigenvalue weighted by Crippen LogP contribution is -2.56. The molecule has 0 saturated heterocycles. The molecule has 0 radical (unpaired) electrons. The van der Waals surface area contributed by atoms with Crippen molar-refractivity contribution in [2.75, 3.05) is 6.54 Å². The molecule has 1 aliphatic rings. The zero-order chi connectivity index (χ0) is 12.1. The van der Waals surface area contributed by atoms with Gasteiger partial charge >= 0.3 is 0 Å². The molecular formula is C8H18N8. The molecule has 1 rings (SSSR count). The monoisotopic (exact) mass is 226 g/mol. The van der Waals surface area contributed by atoms with Gasteiger partial charge in [-0.1, -0.05) is 13.3 Å². The second-order valence-electron chi connectivity index (χ2n) is 3.42. The molecule has 0 saturated carbocycles. The van der Waals surface area contributed by atoms with Crippen molar-refractivity contribution < 1.29 is 0 Å². The Morgan fingerprint density at radius 2 is 2.31 bits per heavy atom. The van der Waals surface area contributed by atoms with Gasteiger partial charge in [0.2, 0.25) is 11.9 Å². The predicted octanol–water partition coefficient (Wildman–Crippen LogP) is -1.50. The molecule has 90 valence electrons. The molecule has 0 bridgehead atoms. The van der Waals surface area contributed by atoms with Crippen LogP contribution in [-0.4, -0.2) is 35.6 Å². The Morgan fingerprint density at radius 1 is 1.62 bits per heavy atom. The average Bonchev–Trinajstić information content (AvgIpc) is 2.15. The topological polar surface area (TPSA) is 142 Å². The molecule has 1 heterocycles. The molecule has 0 aromatic heterocycles. The number of hydrogen-bond acceptors (Lipinski definition) is 6. The number of aliphatic imine (C=N–C) groups is 2. The highest BCUT2D eigenvalue weighted by atomic mass is 15.5. The van der Waals surface area contributed by atoms with Crippen LogP contribution in [0.25, 0.3) is 0 Å². The normalized spacial score (nSPS) is 20.1. The van der Waals surface area contributed by atoms with Crippen molar-refractivity contribution in [1.82, 2.24) is 10.2 Å². The van der Waals surface area contributed by atoms with Gasteiger partial charge in [0.15, 0.2) is 12.2 Å². The van der Waals surface area contributed by atoms with E-state index in [1.165, 1.54) is 0 Å². The van der Waals surface area contributed by atoms with Crippen molar-refractivity contribution in [1.29, 1.82) is 5.41 Å². The van der Waals surface area contributed by atoms with Crippen LogP contribution in [0.4, 0.5) is 0 Å². The Bertz CT molecular complexity index is 320. The smallest absolute Gasteiger partial charge is 0.221 e. The summed E-state index contributed by atoms with van der Waals surface area (Å²) in [7, 11) is 0. The number of unbranched alkanes of at least 4 members (excludes halogenated alkanes) is 1. The van der Waals surface area contributed by atoms with Gasteiger partial charge in [-0.25, -0.2) is 4.99 Å². The molecule has 8 heteroatoms. The van der Waals surface area contributed by atoms with Crippen molar-refractivity contribution in [3.05, 3.63) is 0 Å². The van der Waals surface area contributed by atoms with Gasteiger partial charge in [0.1, 0.15) is 0 Å². The van der Waals surface area contributed by atoms with Crippen LogP contribution in [0.3, 0.4) is 0 Å². The Labute approximate surface area is 94.1 Å². The molecule has 8 nitrogen and oxygen atoms in total. The lowest BCUT2D eigenvalue weighted by Gasteiger charge is -2.31. The van der Waals surface area contributed by atoms with E-state index in [9.17, 15) is 0 Å². The third-order valence-electron chi connectivity index (χ3n) is 2.08. The minimum Gasteiger partial charge on any atom is -0.370 e. The van der Waals surface area contributed by atoms with E-state index in [4.69, 9.17) is 22.6 Å². The molecule has 0 amide bonds. The van der Waals surface area contributed by atoms with Crippen molar-refractivity contribution in [2.45, 2.75) is 26.1 Å². The lowest BCUT2D eigenvalue weighted by molar-refractivity contribution is 0.309. The van der Waals surface area contributed by atoms with Crippen LogP contribution in [0.2, 0.25) is 0 Å². The first-order chi connectivity index (χ1) is 7.54. The van der Waals surface area contributed by atoms with Gasteiger partial charge in [0.05, 0.1) is 0 Å². The van der Waals surface area contributed by atoms with Crippen LogP contribution in [0.15, 0.2) is 9.98 Å². The summed E-state index contributed by atoms with van der Waals surface area (Å²) in [5, 5.41) is 9.76. The maximum absolute atomic E-state index is 7.17. The van der Waals surface area contributed by atoms with E-state index in [1.807, 2.05) is 0 Å². The summed E-state index contributed by atoms with van der Waals surface area (Å²) in [6.07, 6.45) is 1.39. The molecule has 0 spiro atoms. The summed E-state index contributed by atoms with van der Waals surface area (Å²) in [5.74, 6) is 0.257. The zero-order valence-corrected chi connectivity index (χ0v) is 9.27. The number of guanidine groups is 3. The van der Waals surface area contributed by atoms with Gasteiger partial charge < -0.3 is 16.4 Å². The molecule has 0 aliphatic carbocycles. The van der Waals surface area contributed by atoms with Crippen LogP contribution in [0.1, 0.15) is 19.8 Å². The second kappa shape index (κ2) is 5.31. The summed E-state index contributed by atoms with van der Waals surface area (Å²) in [4.78, 5) is 9.62. The summed E-state index contributed by atoms with van der Waals surface area (Å²) >= 11 is 0. The van der Waals surface area contributed by atoms with Gasteiger partial charge in [0.25, 0.3) is 0 Å². The third kappa shape index (κ3) is 3.09. The summed E-state index contributed by atoms with van der Waals surface area (Å²) in [6, 6.07) is 0. The van der Waals surface area contributed by atoms with Gasteiger partial charge in [0, 0.05) is 6.54 Å². The first-order valence-electron chi connectivity index (χ1n) is 5.09. The van der Waals surface area contributed by atoms with Crippen molar-refractivity contribution in [3.63, 3.8) is 0 Å². The number of nitrogens with one attached hydrogen (secondary N) is 2. The Kier molecular flexibility index (Phi) is 4.06. The van der Waals surface area contributed by atoms with E-state index >= 15 is 0 Å². The maximum Gasteiger partial charge on any atom is 0.221 e. The first-order valence-corrected chi connectivity index (χ1v) is 5.09. The Morgan fingerprint density at radius 3 is 2.88 bits per heavy atom. The van der Waals surface area contributed by atoms with Gasteiger partial charge in [-0.2, -0.15) is 4.99 Å². The zero-order valence-electron chi connectivity index (χ0n) is 9.27. The van der Waals surface area contributed by atoms with E-state index in [0.717, 1.165) is 12.8 Å². The van der Waals surface area contributed by atoms with Gasteiger partial charge in [-0.3, -0.25) is 16.5 Å². The van der Waals surface area contributed by atoms with E-state index < -0.39 is 6.29 Å².